The van der Waals surface area contributed by atoms with Crippen molar-refractivity contribution in [3.63, 3.8) is 0 Å². The van der Waals surface area contributed by atoms with E-state index in [0.29, 0.717) is 5.69 Å². The van der Waals surface area contributed by atoms with Crippen LogP contribution in [0, 0.1) is 0 Å². The maximum Gasteiger partial charge on any atom is 0.256 e. The second-order valence-corrected chi connectivity index (χ2v) is 4.60. The molecule has 3 aromatic rings. The Hall–Kier alpha value is -3.08. The zero-order chi connectivity index (χ0) is 14.8. The minimum Gasteiger partial charge on any atom is -0.494 e. The normalized spacial score (nSPS) is 10.5. The first-order chi connectivity index (χ1) is 10.1. The molecule has 2 aromatic carbocycles. The number of H-pyrrole nitrogens is 1. The Morgan fingerprint density at radius 3 is 2.62 bits per heavy atom. The van der Waals surface area contributed by atoms with E-state index in [1.807, 2.05) is 36.4 Å². The van der Waals surface area contributed by atoms with Crippen LogP contribution in [-0.2, 0) is 0 Å². The average Bonchev–Trinajstić information content (AvgIpc) is 2.46. The van der Waals surface area contributed by atoms with Gasteiger partial charge >= 0.3 is 0 Å². The number of hydrogen-bond donors (Lipinski definition) is 3. The number of fused-ring (bicyclic) bond motifs is 1. The van der Waals surface area contributed by atoms with Gasteiger partial charge in [0.15, 0.2) is 5.88 Å². The number of nitrogens with one attached hydrogen (secondary N) is 2. The first-order valence-corrected chi connectivity index (χ1v) is 6.36. The lowest BCUT2D eigenvalue weighted by Gasteiger charge is -2.08. The quantitative estimate of drug-likeness (QED) is 0.674. The molecule has 5 nitrogen and oxygen atoms in total. The summed E-state index contributed by atoms with van der Waals surface area (Å²) in [6, 6.07) is 15.6. The molecular weight excluding hydrogens is 268 g/mol. The molecule has 0 aliphatic heterocycles. The maximum atomic E-state index is 12.2. The van der Waals surface area contributed by atoms with Crippen LogP contribution >= 0.6 is 0 Å². The molecule has 1 amide bonds. The number of hydrogen-bond acceptors (Lipinski definition) is 3. The van der Waals surface area contributed by atoms with Crippen LogP contribution < -0.4 is 10.9 Å². The largest absolute Gasteiger partial charge is 0.494 e. The number of aromatic hydroxyl groups is 1. The van der Waals surface area contributed by atoms with Crippen LogP contribution in [0.5, 0.6) is 5.88 Å². The lowest BCUT2D eigenvalue weighted by atomic mass is 10.1. The first kappa shape index (κ1) is 12.9. The van der Waals surface area contributed by atoms with Crippen LogP contribution in [-0.4, -0.2) is 16.0 Å². The lowest BCUT2D eigenvalue weighted by Crippen LogP contribution is -2.16. The van der Waals surface area contributed by atoms with Crippen molar-refractivity contribution in [2.24, 2.45) is 0 Å². The second kappa shape index (κ2) is 5.13. The molecule has 0 saturated heterocycles. The summed E-state index contributed by atoms with van der Waals surface area (Å²) in [6.45, 7) is 0. The summed E-state index contributed by atoms with van der Waals surface area (Å²) < 4.78 is 0. The molecule has 0 aliphatic rings. The van der Waals surface area contributed by atoms with E-state index >= 15 is 0 Å². The molecule has 0 atom stereocenters. The van der Waals surface area contributed by atoms with Gasteiger partial charge in [0.05, 0.1) is 5.56 Å². The SMILES string of the molecule is O=C(Nc1cccc2ccccc12)c1cc(O)[nH]c(=O)c1. The predicted octanol–water partition coefficient (Wildman–Crippen LogP) is 2.49. The van der Waals surface area contributed by atoms with Gasteiger partial charge in [0.2, 0.25) is 0 Å². The highest BCUT2D eigenvalue weighted by atomic mass is 16.3. The molecule has 1 aromatic heterocycles. The number of rotatable bonds is 2. The van der Waals surface area contributed by atoms with E-state index in [0.717, 1.165) is 16.8 Å². The standard InChI is InChI=1S/C16H12N2O3/c19-14-8-11(9-15(20)18-14)16(21)17-13-7-3-5-10-4-1-2-6-12(10)13/h1-9H,(H,17,21)(H2,18,19,20). The molecule has 104 valence electrons. The summed E-state index contributed by atoms with van der Waals surface area (Å²) in [5, 5.41) is 14.0. The van der Waals surface area contributed by atoms with E-state index < -0.39 is 11.5 Å². The van der Waals surface area contributed by atoms with Gasteiger partial charge in [-0.25, -0.2) is 0 Å². The Balaban J connectivity index is 1.98. The predicted molar refractivity (Wildman–Crippen MR) is 80.6 cm³/mol. The first-order valence-electron chi connectivity index (χ1n) is 6.36. The molecule has 3 N–H and O–H groups in total. The molecule has 0 radical (unpaired) electrons. The monoisotopic (exact) mass is 280 g/mol. The van der Waals surface area contributed by atoms with Crippen molar-refractivity contribution < 1.29 is 9.90 Å². The van der Waals surface area contributed by atoms with E-state index in [9.17, 15) is 14.7 Å². The van der Waals surface area contributed by atoms with Crippen molar-refractivity contribution in [3.8, 4) is 5.88 Å². The molecule has 21 heavy (non-hydrogen) atoms. The number of carbonyl (C=O) groups is 1. The van der Waals surface area contributed by atoms with Gasteiger partial charge in [-0.1, -0.05) is 36.4 Å². The third-order valence-electron chi connectivity index (χ3n) is 3.13. The number of benzene rings is 2. The van der Waals surface area contributed by atoms with E-state index in [1.54, 1.807) is 6.07 Å². The van der Waals surface area contributed by atoms with Gasteiger partial charge in [-0.3, -0.25) is 14.6 Å². The Bertz CT molecular complexity index is 879. The van der Waals surface area contributed by atoms with Gasteiger partial charge in [-0.05, 0) is 11.5 Å². The zero-order valence-electron chi connectivity index (χ0n) is 11.0. The fraction of sp³-hybridized carbons (Fsp3) is 0. The smallest absolute Gasteiger partial charge is 0.256 e. The number of amides is 1. The Labute approximate surface area is 119 Å². The minimum atomic E-state index is -0.530. The summed E-state index contributed by atoms with van der Waals surface area (Å²) in [5.74, 6) is -0.793. The van der Waals surface area contributed by atoms with E-state index in [1.165, 1.54) is 6.07 Å². The van der Waals surface area contributed by atoms with E-state index in [2.05, 4.69) is 10.3 Å². The highest BCUT2D eigenvalue weighted by Gasteiger charge is 2.10. The zero-order valence-corrected chi connectivity index (χ0v) is 11.0. The summed E-state index contributed by atoms with van der Waals surface area (Å²) in [6.07, 6.45) is 0. The Kier molecular flexibility index (Phi) is 3.16. The van der Waals surface area contributed by atoms with Crippen molar-refractivity contribution in [1.82, 2.24) is 4.98 Å². The molecule has 0 saturated carbocycles. The summed E-state index contributed by atoms with van der Waals surface area (Å²) in [7, 11) is 0. The van der Waals surface area contributed by atoms with Crippen LogP contribution in [0.4, 0.5) is 5.69 Å². The lowest BCUT2D eigenvalue weighted by molar-refractivity contribution is 0.102. The van der Waals surface area contributed by atoms with Gasteiger partial charge in [-0.15, -0.1) is 0 Å². The molecule has 5 heteroatoms. The number of aromatic amines is 1. The van der Waals surface area contributed by atoms with Crippen LogP contribution in [0.3, 0.4) is 0 Å². The molecular formula is C16H12N2O3. The average molecular weight is 280 g/mol. The van der Waals surface area contributed by atoms with Gasteiger partial charge in [0, 0.05) is 23.2 Å². The third-order valence-corrected chi connectivity index (χ3v) is 3.13. The number of pyridine rings is 1. The number of anilines is 1. The topological polar surface area (TPSA) is 82.2 Å². The molecule has 1 heterocycles. The van der Waals surface area contributed by atoms with E-state index in [4.69, 9.17) is 0 Å². The minimum absolute atomic E-state index is 0.101. The van der Waals surface area contributed by atoms with Crippen LogP contribution in [0.15, 0.2) is 59.4 Å². The molecule has 3 rings (SSSR count). The van der Waals surface area contributed by atoms with Gasteiger partial charge in [-0.2, -0.15) is 0 Å². The van der Waals surface area contributed by atoms with Crippen molar-refractivity contribution in [2.75, 3.05) is 5.32 Å². The Morgan fingerprint density at radius 2 is 1.81 bits per heavy atom. The molecule has 0 bridgehead atoms. The fourth-order valence-electron chi connectivity index (χ4n) is 2.19. The van der Waals surface area contributed by atoms with Crippen molar-refractivity contribution in [1.29, 1.82) is 0 Å². The summed E-state index contributed by atoms with van der Waals surface area (Å²) in [5.41, 5.74) is 0.222. The highest BCUT2D eigenvalue weighted by molar-refractivity contribution is 6.09. The molecule has 0 unspecified atom stereocenters. The highest BCUT2D eigenvalue weighted by Crippen LogP contribution is 2.23. The van der Waals surface area contributed by atoms with Crippen molar-refractivity contribution in [2.45, 2.75) is 0 Å². The van der Waals surface area contributed by atoms with Crippen LogP contribution in [0.2, 0.25) is 0 Å². The fourth-order valence-corrected chi connectivity index (χ4v) is 2.19. The number of carbonyl (C=O) groups excluding carboxylic acids is 1. The van der Waals surface area contributed by atoms with Crippen LogP contribution in [0.25, 0.3) is 10.8 Å². The maximum absolute atomic E-state index is 12.2. The summed E-state index contributed by atoms with van der Waals surface area (Å²) >= 11 is 0. The van der Waals surface area contributed by atoms with E-state index in [-0.39, 0.29) is 11.4 Å². The Morgan fingerprint density at radius 1 is 1.05 bits per heavy atom. The van der Waals surface area contributed by atoms with Gasteiger partial charge in [0.1, 0.15) is 0 Å². The molecule has 0 aliphatic carbocycles. The molecule has 0 fully saturated rings. The molecule has 0 spiro atoms. The second-order valence-electron chi connectivity index (χ2n) is 4.60. The summed E-state index contributed by atoms with van der Waals surface area (Å²) in [4.78, 5) is 25.7. The van der Waals surface area contributed by atoms with Gasteiger partial charge in [0.25, 0.3) is 11.5 Å². The number of aromatic nitrogens is 1. The van der Waals surface area contributed by atoms with Crippen molar-refractivity contribution in [3.05, 3.63) is 70.5 Å². The van der Waals surface area contributed by atoms with Gasteiger partial charge < -0.3 is 10.4 Å². The van der Waals surface area contributed by atoms with Crippen LogP contribution in [0.1, 0.15) is 10.4 Å². The third kappa shape index (κ3) is 2.62. The van der Waals surface area contributed by atoms with Crippen molar-refractivity contribution >= 4 is 22.4 Å².